The molecule has 0 aliphatic carbocycles. The van der Waals surface area contributed by atoms with Crippen molar-refractivity contribution in [2.24, 2.45) is 0 Å². The third kappa shape index (κ3) is 2.70. The maximum Gasteiger partial charge on any atom is 0.116 e. The van der Waals surface area contributed by atoms with Crippen molar-refractivity contribution < 1.29 is 0 Å². The molecular formula is C17H17N5S. The summed E-state index contributed by atoms with van der Waals surface area (Å²) >= 11 is 1.65. The van der Waals surface area contributed by atoms with Crippen LogP contribution in [0.1, 0.15) is 11.3 Å². The summed E-state index contributed by atoms with van der Waals surface area (Å²) < 4.78 is 0. The van der Waals surface area contributed by atoms with Gasteiger partial charge in [0, 0.05) is 30.2 Å². The molecule has 0 saturated heterocycles. The lowest BCUT2D eigenvalue weighted by molar-refractivity contribution is 0.819. The van der Waals surface area contributed by atoms with Crippen molar-refractivity contribution >= 4 is 17.4 Å². The van der Waals surface area contributed by atoms with Crippen LogP contribution in [0, 0.1) is 0 Å². The Morgan fingerprint density at radius 2 is 2.22 bits per heavy atom. The van der Waals surface area contributed by atoms with Gasteiger partial charge in [-0.15, -0.1) is 11.8 Å². The maximum absolute atomic E-state index is 4.37. The Kier molecular flexibility index (Phi) is 3.75. The number of H-pyrrole nitrogens is 1. The molecule has 0 atom stereocenters. The van der Waals surface area contributed by atoms with Gasteiger partial charge in [0.1, 0.15) is 11.4 Å². The number of benzene rings is 1. The fraction of sp³-hybridized carbons (Fsp3) is 0.235. The third-order valence-electron chi connectivity index (χ3n) is 4.17. The van der Waals surface area contributed by atoms with Gasteiger partial charge in [0.05, 0.1) is 18.6 Å². The summed E-state index contributed by atoms with van der Waals surface area (Å²) in [6.45, 7) is 1.90. The van der Waals surface area contributed by atoms with Gasteiger partial charge in [-0.1, -0.05) is 12.1 Å². The Morgan fingerprint density at radius 1 is 1.26 bits per heavy atom. The van der Waals surface area contributed by atoms with E-state index in [0.29, 0.717) is 0 Å². The zero-order valence-electron chi connectivity index (χ0n) is 12.9. The monoisotopic (exact) mass is 323 g/mol. The van der Waals surface area contributed by atoms with Crippen molar-refractivity contribution in [1.82, 2.24) is 19.9 Å². The molecule has 0 unspecified atom stereocenters. The molecule has 5 nitrogen and oxygen atoms in total. The largest absolute Gasteiger partial charge is 0.365 e. The van der Waals surface area contributed by atoms with Crippen LogP contribution in [0.4, 0.5) is 5.69 Å². The van der Waals surface area contributed by atoms with Crippen LogP contribution in [0.15, 0.2) is 48.3 Å². The molecule has 0 saturated carbocycles. The van der Waals surface area contributed by atoms with E-state index in [1.807, 2.05) is 18.6 Å². The average molecular weight is 323 g/mol. The molecule has 2 aromatic heterocycles. The smallest absolute Gasteiger partial charge is 0.116 e. The fourth-order valence-corrected chi connectivity index (χ4v) is 3.58. The number of anilines is 1. The van der Waals surface area contributed by atoms with E-state index < -0.39 is 0 Å². The van der Waals surface area contributed by atoms with Crippen molar-refractivity contribution in [2.75, 3.05) is 17.7 Å². The van der Waals surface area contributed by atoms with Gasteiger partial charge in [-0.25, -0.2) is 15.0 Å². The highest BCUT2D eigenvalue weighted by Crippen LogP contribution is 2.35. The highest BCUT2D eigenvalue weighted by atomic mass is 32.2. The molecule has 0 fully saturated rings. The lowest BCUT2D eigenvalue weighted by atomic mass is 10.0. The first-order chi connectivity index (χ1) is 11.3. The van der Waals surface area contributed by atoms with Crippen molar-refractivity contribution in [3.63, 3.8) is 0 Å². The summed E-state index contributed by atoms with van der Waals surface area (Å²) in [7, 11) is 0. The van der Waals surface area contributed by atoms with E-state index in [2.05, 4.69) is 43.0 Å². The Bertz CT molecular complexity index is 816. The Balaban J connectivity index is 1.70. The number of thioether (sulfide) groups is 1. The Labute approximate surface area is 139 Å². The number of aromatic amines is 1. The van der Waals surface area contributed by atoms with E-state index in [1.54, 1.807) is 24.4 Å². The Morgan fingerprint density at radius 3 is 3.04 bits per heavy atom. The highest BCUT2D eigenvalue weighted by Gasteiger charge is 2.20. The number of aromatic nitrogens is 4. The minimum absolute atomic E-state index is 0.858. The van der Waals surface area contributed by atoms with E-state index in [4.69, 9.17) is 0 Å². The predicted molar refractivity (Wildman–Crippen MR) is 92.6 cm³/mol. The van der Waals surface area contributed by atoms with E-state index >= 15 is 0 Å². The second-order valence-electron chi connectivity index (χ2n) is 5.54. The van der Waals surface area contributed by atoms with Crippen LogP contribution in [0.5, 0.6) is 0 Å². The van der Waals surface area contributed by atoms with Crippen LogP contribution < -0.4 is 4.90 Å². The maximum atomic E-state index is 4.37. The molecule has 4 rings (SSSR count). The molecule has 116 valence electrons. The molecule has 3 aromatic rings. The number of nitrogens with zero attached hydrogens (tertiary/aromatic N) is 4. The van der Waals surface area contributed by atoms with E-state index in [-0.39, 0.29) is 0 Å². The highest BCUT2D eigenvalue weighted by molar-refractivity contribution is 7.98. The van der Waals surface area contributed by atoms with Gasteiger partial charge in [0.15, 0.2) is 0 Å². The minimum atomic E-state index is 0.858. The first-order valence-corrected chi connectivity index (χ1v) is 8.77. The van der Waals surface area contributed by atoms with Gasteiger partial charge >= 0.3 is 0 Å². The molecule has 1 N–H and O–H groups in total. The Hall–Kier alpha value is -2.34. The van der Waals surface area contributed by atoms with Crippen LogP contribution in [0.25, 0.3) is 11.1 Å². The summed E-state index contributed by atoms with van der Waals surface area (Å²) in [6, 6.07) is 6.67. The molecule has 1 aliphatic heterocycles. The summed E-state index contributed by atoms with van der Waals surface area (Å²) in [4.78, 5) is 18.3. The van der Waals surface area contributed by atoms with Gasteiger partial charge in [-0.3, -0.25) is 0 Å². The van der Waals surface area contributed by atoms with Gasteiger partial charge in [-0.05, 0) is 29.9 Å². The summed E-state index contributed by atoms with van der Waals surface area (Å²) in [5.41, 5.74) is 6.10. The van der Waals surface area contributed by atoms with Gasteiger partial charge < -0.3 is 9.88 Å². The van der Waals surface area contributed by atoms with Crippen molar-refractivity contribution in [1.29, 1.82) is 0 Å². The molecule has 23 heavy (non-hydrogen) atoms. The summed E-state index contributed by atoms with van der Waals surface area (Å²) in [5, 5.41) is 1.01. The number of rotatable bonds is 4. The van der Waals surface area contributed by atoms with Crippen LogP contribution in [0.3, 0.4) is 0 Å². The third-order valence-corrected chi connectivity index (χ3v) is 4.89. The SMILES string of the molecule is CSc1ncncc1-c1ccc2c(c1)N(Cc1cnc[nH]1)CC2. The van der Waals surface area contributed by atoms with Gasteiger partial charge in [0.25, 0.3) is 0 Å². The van der Waals surface area contributed by atoms with Crippen LogP contribution in [-0.4, -0.2) is 32.7 Å². The zero-order valence-corrected chi connectivity index (χ0v) is 13.7. The van der Waals surface area contributed by atoms with Crippen molar-refractivity contribution in [3.8, 4) is 11.1 Å². The molecule has 1 aromatic carbocycles. The molecule has 6 heteroatoms. The molecule has 0 bridgehead atoms. The first-order valence-electron chi connectivity index (χ1n) is 7.54. The molecule has 0 radical (unpaired) electrons. The van der Waals surface area contributed by atoms with E-state index in [9.17, 15) is 0 Å². The number of fused-ring (bicyclic) bond motifs is 1. The van der Waals surface area contributed by atoms with Crippen LogP contribution in [0.2, 0.25) is 0 Å². The number of imidazole rings is 1. The second kappa shape index (κ2) is 6.04. The number of nitrogens with one attached hydrogen (secondary N) is 1. The summed E-state index contributed by atoms with van der Waals surface area (Å²) in [5.74, 6) is 0. The summed E-state index contributed by atoms with van der Waals surface area (Å²) in [6.07, 6.45) is 10.3. The predicted octanol–water partition coefficient (Wildman–Crippen LogP) is 3.15. The lowest BCUT2D eigenvalue weighted by Crippen LogP contribution is -2.19. The normalized spacial score (nSPS) is 13.3. The zero-order chi connectivity index (χ0) is 15.6. The average Bonchev–Trinajstić information content (AvgIpc) is 3.25. The number of hydrogen-bond acceptors (Lipinski definition) is 5. The quantitative estimate of drug-likeness (QED) is 0.590. The van der Waals surface area contributed by atoms with Gasteiger partial charge in [-0.2, -0.15) is 0 Å². The standard InChI is InChI=1S/C17H17N5S/c1-23-17-15(8-19-11-21-17)13-3-2-12-4-5-22(16(12)6-13)9-14-7-18-10-20-14/h2-3,6-8,10-11H,4-5,9H2,1H3,(H,18,20). The second-order valence-corrected chi connectivity index (χ2v) is 6.33. The van der Waals surface area contributed by atoms with Crippen LogP contribution in [-0.2, 0) is 13.0 Å². The molecule has 1 aliphatic rings. The topological polar surface area (TPSA) is 57.7 Å². The fourth-order valence-electron chi connectivity index (χ4n) is 3.03. The molecular weight excluding hydrogens is 306 g/mol. The van der Waals surface area contributed by atoms with E-state index in [1.165, 1.54) is 16.8 Å². The van der Waals surface area contributed by atoms with Crippen molar-refractivity contribution in [2.45, 2.75) is 18.0 Å². The molecule has 0 spiro atoms. The lowest BCUT2D eigenvalue weighted by Gasteiger charge is -2.19. The molecule has 3 heterocycles. The first kappa shape index (κ1) is 14.3. The molecule has 0 amide bonds. The number of hydrogen-bond donors (Lipinski definition) is 1. The van der Waals surface area contributed by atoms with E-state index in [0.717, 1.165) is 35.8 Å². The van der Waals surface area contributed by atoms with Crippen LogP contribution >= 0.6 is 11.8 Å². The minimum Gasteiger partial charge on any atom is -0.365 e. The van der Waals surface area contributed by atoms with Crippen molar-refractivity contribution in [3.05, 3.63) is 54.5 Å². The van der Waals surface area contributed by atoms with Gasteiger partial charge in [0.2, 0.25) is 0 Å².